The average Bonchev–Trinajstić information content (AvgIpc) is 2.75. The molecule has 0 heterocycles. The van der Waals surface area contributed by atoms with Crippen molar-refractivity contribution in [3.63, 3.8) is 0 Å². The SMILES string of the molecule is COc1ccc(C)cc1NSc1ccc(NC(=O)CCSc2ccc(Cl)cc2)cc1. The molecule has 0 saturated heterocycles. The fourth-order valence-electron chi connectivity index (χ4n) is 2.64. The van der Waals surface area contributed by atoms with Crippen molar-refractivity contribution in [1.29, 1.82) is 0 Å². The van der Waals surface area contributed by atoms with Gasteiger partial charge in [0.05, 0.1) is 12.8 Å². The predicted octanol–water partition coefficient (Wildman–Crippen LogP) is 6.90. The van der Waals surface area contributed by atoms with Crippen molar-refractivity contribution in [2.24, 2.45) is 0 Å². The second-order valence-corrected chi connectivity index (χ2v) is 9.02. The van der Waals surface area contributed by atoms with Crippen LogP contribution in [0, 0.1) is 6.92 Å². The molecule has 3 aromatic rings. The van der Waals surface area contributed by atoms with E-state index in [0.29, 0.717) is 17.2 Å². The number of amides is 1. The topological polar surface area (TPSA) is 50.4 Å². The molecule has 7 heteroatoms. The summed E-state index contributed by atoms with van der Waals surface area (Å²) < 4.78 is 8.71. The number of benzene rings is 3. The molecule has 0 aliphatic rings. The van der Waals surface area contributed by atoms with Gasteiger partial charge in [-0.25, -0.2) is 0 Å². The average molecular weight is 459 g/mol. The number of anilines is 2. The van der Waals surface area contributed by atoms with E-state index in [1.807, 2.05) is 73.7 Å². The maximum atomic E-state index is 12.2. The monoisotopic (exact) mass is 458 g/mol. The molecule has 0 aliphatic carbocycles. The van der Waals surface area contributed by atoms with E-state index in [4.69, 9.17) is 16.3 Å². The third-order valence-corrected chi connectivity index (χ3v) is 6.28. The van der Waals surface area contributed by atoms with Crippen LogP contribution in [0.1, 0.15) is 12.0 Å². The van der Waals surface area contributed by atoms with E-state index in [-0.39, 0.29) is 5.91 Å². The van der Waals surface area contributed by atoms with E-state index in [0.717, 1.165) is 32.5 Å². The van der Waals surface area contributed by atoms with E-state index in [9.17, 15) is 4.79 Å². The number of halogens is 1. The Morgan fingerprint density at radius 1 is 1.00 bits per heavy atom. The van der Waals surface area contributed by atoms with Crippen LogP contribution in [0.2, 0.25) is 5.02 Å². The molecule has 3 rings (SSSR count). The van der Waals surface area contributed by atoms with Gasteiger partial charge < -0.3 is 14.8 Å². The number of nitrogens with one attached hydrogen (secondary N) is 2. The summed E-state index contributed by atoms with van der Waals surface area (Å²) in [5.41, 5.74) is 2.87. The zero-order chi connectivity index (χ0) is 21.3. The molecule has 0 aliphatic heterocycles. The molecular formula is C23H23ClN2O2S2. The van der Waals surface area contributed by atoms with Gasteiger partial charge in [-0.2, -0.15) is 0 Å². The molecule has 1 amide bonds. The van der Waals surface area contributed by atoms with Crippen molar-refractivity contribution in [2.45, 2.75) is 23.1 Å². The minimum atomic E-state index is -0.000473. The zero-order valence-corrected chi connectivity index (χ0v) is 19.2. The summed E-state index contributed by atoms with van der Waals surface area (Å²) in [7, 11) is 1.66. The highest BCUT2D eigenvalue weighted by Gasteiger charge is 2.06. The summed E-state index contributed by atoms with van der Waals surface area (Å²) in [5.74, 6) is 1.51. The van der Waals surface area contributed by atoms with Crippen molar-refractivity contribution in [1.82, 2.24) is 0 Å². The minimum Gasteiger partial charge on any atom is -0.495 e. The van der Waals surface area contributed by atoms with Gasteiger partial charge in [0.25, 0.3) is 0 Å². The summed E-state index contributed by atoms with van der Waals surface area (Å²) in [5, 5.41) is 3.66. The molecule has 0 fully saturated rings. The van der Waals surface area contributed by atoms with Crippen LogP contribution in [0.25, 0.3) is 0 Å². The van der Waals surface area contributed by atoms with Crippen molar-refractivity contribution in [3.8, 4) is 5.75 Å². The highest BCUT2D eigenvalue weighted by Crippen LogP contribution is 2.30. The van der Waals surface area contributed by atoms with Gasteiger partial charge in [0.2, 0.25) is 5.91 Å². The smallest absolute Gasteiger partial charge is 0.225 e. The number of carbonyl (C=O) groups is 1. The Balaban J connectivity index is 1.45. The van der Waals surface area contributed by atoms with Gasteiger partial charge in [-0.05, 0) is 85.1 Å². The van der Waals surface area contributed by atoms with Crippen LogP contribution >= 0.6 is 35.3 Å². The standard InChI is InChI=1S/C23H23ClN2O2S2/c1-16-3-12-22(28-2)21(15-16)26-30-20-10-6-18(7-11-20)25-23(27)13-14-29-19-8-4-17(24)5-9-19/h3-12,15,26H,13-14H2,1-2H3,(H,25,27). The lowest BCUT2D eigenvalue weighted by atomic mass is 10.2. The summed E-state index contributed by atoms with van der Waals surface area (Å²) in [4.78, 5) is 14.3. The van der Waals surface area contributed by atoms with Crippen molar-refractivity contribution in [3.05, 3.63) is 77.3 Å². The summed E-state index contributed by atoms with van der Waals surface area (Å²) in [6.45, 7) is 2.04. The van der Waals surface area contributed by atoms with E-state index in [1.165, 1.54) is 11.9 Å². The van der Waals surface area contributed by atoms with Gasteiger partial charge in [-0.3, -0.25) is 4.79 Å². The maximum absolute atomic E-state index is 12.2. The highest BCUT2D eigenvalue weighted by atomic mass is 35.5. The van der Waals surface area contributed by atoms with Gasteiger partial charge in [-0.1, -0.05) is 17.7 Å². The van der Waals surface area contributed by atoms with Gasteiger partial charge in [-0.15, -0.1) is 11.8 Å². The first-order valence-corrected chi connectivity index (χ1v) is 11.6. The quantitative estimate of drug-likeness (QED) is 0.270. The summed E-state index contributed by atoms with van der Waals surface area (Å²) in [6.07, 6.45) is 0.443. The molecule has 0 atom stereocenters. The number of ether oxygens (including phenoxy) is 1. The molecular weight excluding hydrogens is 436 g/mol. The molecule has 4 nitrogen and oxygen atoms in total. The number of aryl methyl sites for hydroxylation is 1. The van der Waals surface area contributed by atoms with Crippen LogP contribution in [0.4, 0.5) is 11.4 Å². The predicted molar refractivity (Wildman–Crippen MR) is 129 cm³/mol. The molecule has 0 saturated carbocycles. The van der Waals surface area contributed by atoms with Crippen LogP contribution in [0.5, 0.6) is 5.75 Å². The first-order valence-electron chi connectivity index (χ1n) is 9.39. The van der Waals surface area contributed by atoms with E-state index in [2.05, 4.69) is 10.0 Å². The van der Waals surface area contributed by atoms with Crippen LogP contribution in [0.3, 0.4) is 0 Å². The second kappa shape index (κ2) is 11.2. The first kappa shape index (κ1) is 22.4. The Morgan fingerprint density at radius 3 is 2.40 bits per heavy atom. The molecule has 0 unspecified atom stereocenters. The molecule has 0 bridgehead atoms. The molecule has 0 radical (unpaired) electrons. The molecule has 2 N–H and O–H groups in total. The number of hydrogen-bond acceptors (Lipinski definition) is 5. The van der Waals surface area contributed by atoms with Crippen LogP contribution in [-0.4, -0.2) is 18.8 Å². The first-order chi connectivity index (χ1) is 14.5. The van der Waals surface area contributed by atoms with Gasteiger partial charge in [0.1, 0.15) is 5.75 Å². The Morgan fingerprint density at radius 2 is 1.70 bits per heavy atom. The third kappa shape index (κ3) is 6.90. The van der Waals surface area contributed by atoms with Crippen molar-refractivity contribution < 1.29 is 9.53 Å². The van der Waals surface area contributed by atoms with E-state index < -0.39 is 0 Å². The van der Waals surface area contributed by atoms with E-state index >= 15 is 0 Å². The Kier molecular flexibility index (Phi) is 8.37. The molecule has 30 heavy (non-hydrogen) atoms. The Labute approximate surface area is 190 Å². The number of methoxy groups -OCH3 is 1. The third-order valence-electron chi connectivity index (χ3n) is 4.18. The zero-order valence-electron chi connectivity index (χ0n) is 16.8. The fraction of sp³-hybridized carbons (Fsp3) is 0.174. The number of thioether (sulfide) groups is 1. The van der Waals surface area contributed by atoms with Crippen molar-refractivity contribution in [2.75, 3.05) is 22.9 Å². The van der Waals surface area contributed by atoms with Crippen LogP contribution < -0.4 is 14.8 Å². The summed E-state index contributed by atoms with van der Waals surface area (Å²) >= 11 is 9.02. The van der Waals surface area contributed by atoms with Gasteiger partial charge >= 0.3 is 0 Å². The van der Waals surface area contributed by atoms with E-state index in [1.54, 1.807) is 18.9 Å². The minimum absolute atomic E-state index is 0.000473. The Bertz CT molecular complexity index is 979. The molecule has 156 valence electrons. The lowest BCUT2D eigenvalue weighted by Gasteiger charge is -2.11. The van der Waals surface area contributed by atoms with Crippen LogP contribution in [-0.2, 0) is 4.79 Å². The molecule has 0 spiro atoms. The Hall–Kier alpha value is -2.28. The van der Waals surface area contributed by atoms with Crippen LogP contribution in [0.15, 0.2) is 76.5 Å². The maximum Gasteiger partial charge on any atom is 0.225 e. The number of carbonyl (C=O) groups excluding carboxylic acids is 1. The fourth-order valence-corrected chi connectivity index (χ4v) is 4.27. The summed E-state index contributed by atoms with van der Waals surface area (Å²) in [6, 6.07) is 21.4. The van der Waals surface area contributed by atoms with Gasteiger partial charge in [0.15, 0.2) is 0 Å². The number of rotatable bonds is 9. The lowest BCUT2D eigenvalue weighted by molar-refractivity contribution is -0.115. The molecule has 0 aromatic heterocycles. The largest absolute Gasteiger partial charge is 0.495 e. The number of hydrogen-bond donors (Lipinski definition) is 2. The normalized spacial score (nSPS) is 10.5. The van der Waals surface area contributed by atoms with Crippen molar-refractivity contribution >= 4 is 52.6 Å². The van der Waals surface area contributed by atoms with Gasteiger partial charge in [0, 0.05) is 32.7 Å². The second-order valence-electron chi connectivity index (χ2n) is 6.53. The molecule has 3 aromatic carbocycles. The highest BCUT2D eigenvalue weighted by molar-refractivity contribution is 8.00. The lowest BCUT2D eigenvalue weighted by Crippen LogP contribution is -2.12.